The Morgan fingerprint density at radius 1 is 1.17 bits per heavy atom. The molecule has 2 nitrogen and oxygen atoms in total. The van der Waals surface area contributed by atoms with Crippen molar-refractivity contribution in [3.8, 4) is 0 Å². The van der Waals surface area contributed by atoms with Crippen molar-refractivity contribution in [1.82, 2.24) is 9.80 Å². The molecule has 4 heteroatoms. The van der Waals surface area contributed by atoms with E-state index in [2.05, 4.69) is 65.2 Å². The molecule has 2 atom stereocenters. The van der Waals surface area contributed by atoms with E-state index in [1.807, 2.05) is 11.8 Å². The Bertz CT molecular complexity index is 596. The van der Waals surface area contributed by atoms with Crippen molar-refractivity contribution in [1.29, 1.82) is 0 Å². The normalized spacial score (nSPS) is 35.0. The summed E-state index contributed by atoms with van der Waals surface area (Å²) in [6, 6.07) is 0.613. The van der Waals surface area contributed by atoms with Crippen molar-refractivity contribution >= 4 is 23.5 Å². The monoisotopic (exact) mass is 346 g/mol. The number of likely N-dealkylation sites (N-methyl/N-ethyl adjacent to an activating group) is 1. The molecule has 2 unspecified atom stereocenters. The van der Waals surface area contributed by atoms with Gasteiger partial charge in [0.25, 0.3) is 0 Å². The molecule has 0 amide bonds. The molecule has 2 aliphatic heterocycles. The average Bonchev–Trinajstić information content (AvgIpc) is 2.74. The first-order valence-electron chi connectivity index (χ1n) is 8.64. The van der Waals surface area contributed by atoms with Gasteiger partial charge < -0.3 is 4.90 Å². The quantitative estimate of drug-likeness (QED) is 0.699. The van der Waals surface area contributed by atoms with Crippen molar-refractivity contribution in [3.63, 3.8) is 0 Å². The molecule has 4 aliphatic rings. The number of piperazine rings is 1. The second kappa shape index (κ2) is 6.47. The summed E-state index contributed by atoms with van der Waals surface area (Å²) in [6.07, 6.45) is 17.8. The fourth-order valence-corrected chi connectivity index (χ4v) is 6.01. The SMILES string of the molecule is CSC1=CC2=C(CC=CC3(C=CC3)S2)C(N2CCN(C)CC2)C1. The molecule has 1 saturated heterocycles. The number of thioether (sulfide) groups is 2. The average molecular weight is 347 g/mol. The van der Waals surface area contributed by atoms with Crippen LogP contribution >= 0.6 is 23.5 Å². The summed E-state index contributed by atoms with van der Waals surface area (Å²) in [7, 11) is 2.24. The molecule has 0 aromatic carbocycles. The number of allylic oxidation sites excluding steroid dienone is 3. The van der Waals surface area contributed by atoms with Gasteiger partial charge in [-0.15, -0.1) is 23.5 Å². The van der Waals surface area contributed by atoms with Gasteiger partial charge in [-0.3, -0.25) is 4.90 Å². The van der Waals surface area contributed by atoms with Gasteiger partial charge in [-0.25, -0.2) is 0 Å². The van der Waals surface area contributed by atoms with Gasteiger partial charge in [0.05, 0.1) is 4.75 Å². The molecule has 23 heavy (non-hydrogen) atoms. The van der Waals surface area contributed by atoms with Gasteiger partial charge in [0.1, 0.15) is 0 Å². The molecule has 0 aromatic heterocycles. The van der Waals surface area contributed by atoms with E-state index in [0.29, 0.717) is 6.04 Å². The third-order valence-electron chi connectivity index (χ3n) is 5.52. The molecule has 0 radical (unpaired) electrons. The van der Waals surface area contributed by atoms with Gasteiger partial charge in [-0.1, -0.05) is 24.3 Å². The number of rotatable bonds is 2. The highest BCUT2D eigenvalue weighted by molar-refractivity contribution is 8.05. The van der Waals surface area contributed by atoms with E-state index >= 15 is 0 Å². The third-order valence-corrected chi connectivity index (χ3v) is 7.75. The fraction of sp³-hybridized carbons (Fsp3) is 0.579. The lowest BCUT2D eigenvalue weighted by molar-refractivity contribution is 0.124. The lowest BCUT2D eigenvalue weighted by Gasteiger charge is -2.41. The maximum atomic E-state index is 2.74. The fourth-order valence-electron chi connectivity index (χ4n) is 3.91. The Hall–Kier alpha value is -0.420. The molecular weight excluding hydrogens is 320 g/mol. The molecule has 0 saturated carbocycles. The van der Waals surface area contributed by atoms with Crippen molar-refractivity contribution in [2.24, 2.45) is 0 Å². The van der Waals surface area contributed by atoms with E-state index in [1.165, 1.54) is 39.0 Å². The summed E-state index contributed by atoms with van der Waals surface area (Å²) in [4.78, 5) is 8.30. The minimum Gasteiger partial charge on any atom is -0.304 e. The predicted molar refractivity (Wildman–Crippen MR) is 104 cm³/mol. The van der Waals surface area contributed by atoms with Gasteiger partial charge in [0.15, 0.2) is 0 Å². The molecule has 0 aromatic rings. The second-order valence-electron chi connectivity index (χ2n) is 7.03. The van der Waals surface area contributed by atoms with E-state index in [4.69, 9.17) is 0 Å². The van der Waals surface area contributed by atoms with Crippen molar-refractivity contribution in [3.05, 3.63) is 45.8 Å². The minimum atomic E-state index is 0.251. The largest absolute Gasteiger partial charge is 0.304 e. The van der Waals surface area contributed by atoms with Crippen LogP contribution in [0.25, 0.3) is 0 Å². The van der Waals surface area contributed by atoms with Crippen LogP contribution < -0.4 is 0 Å². The standard InChI is InChI=1S/C19H26N2S2/c1-20-9-11-21(12-10-20)17-13-15(22-2)14-18-16(17)5-3-6-19(23-18)7-4-8-19/h3-4,6-7,14,17H,5,8-13H2,1-2H3. The lowest BCUT2D eigenvalue weighted by atomic mass is 9.91. The summed E-state index contributed by atoms with van der Waals surface area (Å²) in [5.74, 6) is 0. The maximum absolute atomic E-state index is 2.74. The smallest absolute Gasteiger partial charge is 0.0600 e. The van der Waals surface area contributed by atoms with E-state index in [-0.39, 0.29) is 4.75 Å². The molecule has 124 valence electrons. The van der Waals surface area contributed by atoms with Gasteiger partial charge in [0, 0.05) is 37.1 Å². The Morgan fingerprint density at radius 3 is 2.61 bits per heavy atom. The molecule has 0 N–H and O–H groups in total. The summed E-state index contributed by atoms with van der Waals surface area (Å²) in [5.41, 5.74) is 1.67. The maximum Gasteiger partial charge on any atom is 0.0600 e. The highest BCUT2D eigenvalue weighted by atomic mass is 32.2. The van der Waals surface area contributed by atoms with Crippen LogP contribution in [0.5, 0.6) is 0 Å². The Balaban J connectivity index is 1.63. The van der Waals surface area contributed by atoms with Gasteiger partial charge in [0.2, 0.25) is 0 Å². The summed E-state index contributed by atoms with van der Waals surface area (Å²) >= 11 is 4.03. The van der Waals surface area contributed by atoms with Crippen LogP contribution in [0.4, 0.5) is 0 Å². The molecule has 2 aliphatic carbocycles. The highest BCUT2D eigenvalue weighted by Crippen LogP contribution is 2.50. The van der Waals surface area contributed by atoms with Crippen LogP contribution in [0.2, 0.25) is 0 Å². The molecule has 2 heterocycles. The molecular formula is C19H26N2S2. The number of hydrogen-bond donors (Lipinski definition) is 0. The Kier molecular flexibility index (Phi) is 4.52. The zero-order chi connectivity index (χ0) is 15.9. The van der Waals surface area contributed by atoms with Gasteiger partial charge in [-0.05, 0) is 49.1 Å². The first kappa shape index (κ1) is 16.1. The number of nitrogens with zero attached hydrogens (tertiary/aromatic N) is 2. The zero-order valence-electron chi connectivity index (χ0n) is 14.1. The highest BCUT2D eigenvalue weighted by Gasteiger charge is 2.37. The van der Waals surface area contributed by atoms with Crippen LogP contribution in [-0.4, -0.2) is 60.1 Å². The molecule has 4 rings (SSSR count). The molecule has 1 fully saturated rings. The Morgan fingerprint density at radius 2 is 1.96 bits per heavy atom. The Labute approximate surface area is 148 Å². The number of hydrogen-bond acceptors (Lipinski definition) is 4. The summed E-state index contributed by atoms with van der Waals surface area (Å²) < 4.78 is 0.251. The van der Waals surface area contributed by atoms with Crippen LogP contribution in [0.3, 0.4) is 0 Å². The summed E-state index contributed by atoms with van der Waals surface area (Å²) in [5, 5.41) is 0. The molecule has 1 spiro atoms. The van der Waals surface area contributed by atoms with Crippen molar-refractivity contribution in [2.75, 3.05) is 39.5 Å². The van der Waals surface area contributed by atoms with E-state index in [1.54, 1.807) is 15.4 Å². The first-order valence-corrected chi connectivity index (χ1v) is 10.7. The second-order valence-corrected chi connectivity index (χ2v) is 9.37. The van der Waals surface area contributed by atoms with Crippen LogP contribution in [0, 0.1) is 0 Å². The lowest BCUT2D eigenvalue weighted by Crippen LogP contribution is -2.50. The van der Waals surface area contributed by atoms with Crippen molar-refractivity contribution < 1.29 is 0 Å². The zero-order valence-corrected chi connectivity index (χ0v) is 15.8. The van der Waals surface area contributed by atoms with E-state index in [9.17, 15) is 0 Å². The molecule has 0 bridgehead atoms. The van der Waals surface area contributed by atoms with Crippen LogP contribution in [0.15, 0.2) is 45.8 Å². The van der Waals surface area contributed by atoms with Crippen LogP contribution in [0.1, 0.15) is 19.3 Å². The van der Waals surface area contributed by atoms with E-state index < -0.39 is 0 Å². The van der Waals surface area contributed by atoms with Crippen LogP contribution in [-0.2, 0) is 0 Å². The van der Waals surface area contributed by atoms with Crippen molar-refractivity contribution in [2.45, 2.75) is 30.1 Å². The van der Waals surface area contributed by atoms with E-state index in [0.717, 1.165) is 6.42 Å². The topological polar surface area (TPSA) is 6.48 Å². The summed E-state index contributed by atoms with van der Waals surface area (Å²) in [6.45, 7) is 4.82. The minimum absolute atomic E-state index is 0.251. The predicted octanol–water partition coefficient (Wildman–Crippen LogP) is 3.90. The van der Waals surface area contributed by atoms with Gasteiger partial charge in [-0.2, -0.15) is 0 Å². The third kappa shape index (κ3) is 3.11. The first-order chi connectivity index (χ1) is 11.2. The van der Waals surface area contributed by atoms with Gasteiger partial charge >= 0.3 is 0 Å².